The third-order valence-electron chi connectivity index (χ3n) is 10.9. The SMILES string of the molecule is CCCCC1C(C)Cc2ncc(-c3cc4cc(NC(=O)OC5CC(O[Si](C)(C)C(C)(C)C)C5)ncc4c(NC(=O)OC(C)(C)C)c3F)c(C)c2N1C(=O)O. The van der Waals surface area contributed by atoms with E-state index in [0.29, 0.717) is 53.6 Å². The van der Waals surface area contributed by atoms with Gasteiger partial charge in [0.05, 0.1) is 23.2 Å². The van der Waals surface area contributed by atoms with Crippen molar-refractivity contribution < 1.29 is 37.8 Å². The normalized spacial score (nSPS) is 20.2. The Kier molecular flexibility index (Phi) is 11.7. The highest BCUT2D eigenvalue weighted by molar-refractivity contribution is 6.74. The number of amides is 3. The number of unbranched alkanes of at least 4 members (excludes halogenated alkanes) is 1. The zero-order valence-corrected chi connectivity index (χ0v) is 34.5. The number of ether oxygens (including phenoxy) is 2. The Labute approximate surface area is 318 Å². The number of aromatic nitrogens is 2. The molecular weight excluding hydrogens is 710 g/mol. The summed E-state index contributed by atoms with van der Waals surface area (Å²) in [6.45, 7) is 21.9. The van der Waals surface area contributed by atoms with E-state index in [-0.39, 0.29) is 51.7 Å². The molecule has 12 nitrogen and oxygen atoms in total. The molecule has 3 amide bonds. The predicted molar refractivity (Wildman–Crippen MR) is 211 cm³/mol. The molecule has 3 N–H and O–H groups in total. The summed E-state index contributed by atoms with van der Waals surface area (Å²) >= 11 is 0. The van der Waals surface area contributed by atoms with Gasteiger partial charge in [-0.2, -0.15) is 0 Å². The molecule has 54 heavy (non-hydrogen) atoms. The van der Waals surface area contributed by atoms with Crippen molar-refractivity contribution >= 4 is 54.6 Å². The van der Waals surface area contributed by atoms with Gasteiger partial charge in [0.25, 0.3) is 0 Å². The first-order chi connectivity index (χ1) is 25.1. The molecule has 3 aromatic rings. The summed E-state index contributed by atoms with van der Waals surface area (Å²) < 4.78 is 34.3. The second-order valence-corrected chi connectivity index (χ2v) is 22.0. The Morgan fingerprint density at radius 2 is 1.69 bits per heavy atom. The summed E-state index contributed by atoms with van der Waals surface area (Å²) in [5.74, 6) is -0.564. The third kappa shape index (κ3) is 8.80. The monoisotopic (exact) mass is 765 g/mol. The first-order valence-electron chi connectivity index (χ1n) is 18.9. The molecule has 2 atom stereocenters. The van der Waals surface area contributed by atoms with Crippen LogP contribution in [-0.4, -0.2) is 65.5 Å². The molecule has 2 unspecified atom stereocenters. The van der Waals surface area contributed by atoms with Gasteiger partial charge in [-0.1, -0.05) is 47.5 Å². The van der Waals surface area contributed by atoms with Crippen LogP contribution in [0.4, 0.5) is 36.0 Å². The molecule has 0 spiro atoms. The maximum absolute atomic E-state index is 16.8. The molecular formula is C40H56FN5O7Si. The van der Waals surface area contributed by atoms with Crippen molar-refractivity contribution in [3.8, 4) is 11.1 Å². The number of fused-ring (bicyclic) bond motifs is 2. The first kappa shape index (κ1) is 40.9. The summed E-state index contributed by atoms with van der Waals surface area (Å²) in [6, 6.07) is 2.89. The molecule has 1 fully saturated rings. The Morgan fingerprint density at radius 3 is 2.30 bits per heavy atom. The molecule has 5 rings (SSSR count). The zero-order chi connectivity index (χ0) is 39.9. The second-order valence-electron chi connectivity index (χ2n) is 17.3. The average molecular weight is 766 g/mol. The van der Waals surface area contributed by atoms with E-state index in [1.807, 2.05) is 6.92 Å². The van der Waals surface area contributed by atoms with Crippen molar-refractivity contribution in [2.24, 2.45) is 5.92 Å². The molecule has 1 saturated carbocycles. The molecule has 0 bridgehead atoms. The van der Waals surface area contributed by atoms with E-state index in [4.69, 9.17) is 13.9 Å². The lowest BCUT2D eigenvalue weighted by Gasteiger charge is -2.44. The van der Waals surface area contributed by atoms with Gasteiger partial charge in [0.15, 0.2) is 14.1 Å². The molecule has 14 heteroatoms. The molecule has 294 valence electrons. The predicted octanol–water partition coefficient (Wildman–Crippen LogP) is 10.4. The molecule has 2 aliphatic rings. The van der Waals surface area contributed by atoms with Crippen LogP contribution in [0.2, 0.25) is 18.1 Å². The maximum atomic E-state index is 16.8. The van der Waals surface area contributed by atoms with E-state index in [0.717, 1.165) is 12.8 Å². The lowest BCUT2D eigenvalue weighted by atomic mass is 9.84. The van der Waals surface area contributed by atoms with Gasteiger partial charge in [-0.05, 0) is 87.7 Å². The number of carboxylic acid groups (broad SMARTS) is 1. The van der Waals surface area contributed by atoms with E-state index in [9.17, 15) is 19.5 Å². The summed E-state index contributed by atoms with van der Waals surface area (Å²) in [5.41, 5.74) is 1.04. The van der Waals surface area contributed by atoms with Gasteiger partial charge in [-0.15, -0.1) is 0 Å². The number of halogens is 1. The molecule has 0 saturated heterocycles. The van der Waals surface area contributed by atoms with Crippen LogP contribution in [0, 0.1) is 18.7 Å². The first-order valence-corrected chi connectivity index (χ1v) is 21.8. The highest BCUT2D eigenvalue weighted by atomic mass is 28.4. The number of hydrogen-bond acceptors (Lipinski definition) is 8. The van der Waals surface area contributed by atoms with Gasteiger partial charge in [-0.3, -0.25) is 20.5 Å². The molecule has 3 heterocycles. The van der Waals surface area contributed by atoms with E-state index >= 15 is 4.39 Å². The zero-order valence-electron chi connectivity index (χ0n) is 33.5. The van der Waals surface area contributed by atoms with Crippen molar-refractivity contribution in [1.29, 1.82) is 0 Å². The molecule has 1 aliphatic heterocycles. The van der Waals surface area contributed by atoms with E-state index in [1.54, 1.807) is 46.0 Å². The fraction of sp³-hybridized carbons (Fsp3) is 0.575. The lowest BCUT2D eigenvalue weighted by Crippen LogP contribution is -2.49. The summed E-state index contributed by atoms with van der Waals surface area (Å²) in [6.07, 6.45) is 4.31. The van der Waals surface area contributed by atoms with Crippen LogP contribution in [-0.2, 0) is 20.3 Å². The number of hydrogen-bond donors (Lipinski definition) is 3. The fourth-order valence-corrected chi connectivity index (χ4v) is 8.34. The Hall–Kier alpha value is -4.30. The van der Waals surface area contributed by atoms with Crippen LogP contribution in [0.15, 0.2) is 24.5 Å². The standard InChI is InChI=1S/C40H56FN5O7Si/c1-12-13-14-31-22(2)15-30-35(46(31)38(49)50)23(3)28(20-42-30)27-16-24-17-32(43-21-29(24)34(33(27)41)45-37(48)52-39(4,5)6)44-36(47)51-25-18-26(19-25)53-54(10,11)40(7,8)9/h16-17,20-22,25-26,31H,12-15,18-19H2,1-11H3,(H,45,48)(H,49,50)(H,43,44,47). The van der Waals surface area contributed by atoms with Crippen LogP contribution in [0.3, 0.4) is 0 Å². The minimum atomic E-state index is -1.94. The summed E-state index contributed by atoms with van der Waals surface area (Å²) in [5, 5.41) is 16.5. The summed E-state index contributed by atoms with van der Waals surface area (Å²) in [7, 11) is -1.94. The number of carbonyl (C=O) groups is 3. The maximum Gasteiger partial charge on any atom is 0.413 e. The van der Waals surface area contributed by atoms with Crippen molar-refractivity contribution in [3.05, 3.63) is 41.6 Å². The molecule has 0 radical (unpaired) electrons. The van der Waals surface area contributed by atoms with Crippen molar-refractivity contribution in [2.45, 2.75) is 143 Å². The van der Waals surface area contributed by atoms with Gasteiger partial charge in [0.2, 0.25) is 0 Å². The lowest BCUT2D eigenvalue weighted by molar-refractivity contribution is -0.0243. The number of nitrogens with zero attached hydrogens (tertiary/aromatic N) is 3. The van der Waals surface area contributed by atoms with Crippen molar-refractivity contribution in [3.63, 3.8) is 0 Å². The van der Waals surface area contributed by atoms with Gasteiger partial charge in [0, 0.05) is 47.8 Å². The Morgan fingerprint density at radius 1 is 1.00 bits per heavy atom. The minimum absolute atomic E-state index is 0.0430. The largest absolute Gasteiger partial charge is 0.465 e. The van der Waals surface area contributed by atoms with Gasteiger partial charge in [-0.25, -0.2) is 23.8 Å². The van der Waals surface area contributed by atoms with E-state index in [1.165, 1.54) is 11.1 Å². The minimum Gasteiger partial charge on any atom is -0.465 e. The van der Waals surface area contributed by atoms with Gasteiger partial charge >= 0.3 is 18.3 Å². The Bertz CT molecular complexity index is 1920. The Balaban J connectivity index is 1.49. The number of benzene rings is 1. The van der Waals surface area contributed by atoms with Crippen LogP contribution < -0.4 is 15.5 Å². The van der Waals surface area contributed by atoms with Crippen LogP contribution in [0.1, 0.15) is 98.8 Å². The van der Waals surface area contributed by atoms with Crippen molar-refractivity contribution in [1.82, 2.24) is 9.97 Å². The van der Waals surface area contributed by atoms with E-state index in [2.05, 4.69) is 61.4 Å². The number of carbonyl (C=O) groups excluding carboxylic acids is 2. The number of nitrogens with one attached hydrogen (secondary N) is 2. The average Bonchev–Trinajstić information content (AvgIpc) is 3.02. The highest BCUT2D eigenvalue weighted by Gasteiger charge is 2.43. The smallest absolute Gasteiger partial charge is 0.413 e. The number of rotatable bonds is 9. The van der Waals surface area contributed by atoms with E-state index < -0.39 is 38.0 Å². The van der Waals surface area contributed by atoms with Crippen LogP contribution in [0.5, 0.6) is 0 Å². The topological polar surface area (TPSA) is 152 Å². The third-order valence-corrected chi connectivity index (χ3v) is 15.4. The van der Waals surface area contributed by atoms with Crippen molar-refractivity contribution in [2.75, 3.05) is 15.5 Å². The number of pyridine rings is 2. The molecule has 2 aromatic heterocycles. The number of anilines is 3. The summed E-state index contributed by atoms with van der Waals surface area (Å²) in [4.78, 5) is 49.2. The highest BCUT2D eigenvalue weighted by Crippen LogP contribution is 2.44. The second kappa shape index (κ2) is 15.4. The van der Waals surface area contributed by atoms with Crippen LogP contribution >= 0.6 is 0 Å². The fourth-order valence-electron chi connectivity index (χ4n) is 6.96. The molecule has 1 aliphatic carbocycles. The van der Waals surface area contributed by atoms with Crippen LogP contribution in [0.25, 0.3) is 21.9 Å². The van der Waals surface area contributed by atoms with Gasteiger partial charge in [0.1, 0.15) is 17.5 Å². The van der Waals surface area contributed by atoms with Gasteiger partial charge < -0.3 is 19.0 Å². The quantitative estimate of drug-likeness (QED) is 0.181. The molecule has 1 aromatic carbocycles.